The number of thiazole rings is 1. The van der Waals surface area contributed by atoms with Gasteiger partial charge in [0.1, 0.15) is 0 Å². The summed E-state index contributed by atoms with van der Waals surface area (Å²) in [6, 6.07) is 14.0. The number of hydrogen-bond acceptors (Lipinski definition) is 4. The average molecular weight is 267 g/mol. The van der Waals surface area contributed by atoms with Crippen molar-refractivity contribution >= 4 is 22.2 Å². The smallest absolute Gasteiger partial charge is 0.187 e. The van der Waals surface area contributed by atoms with E-state index >= 15 is 0 Å². The molecule has 0 saturated carbocycles. The van der Waals surface area contributed by atoms with Gasteiger partial charge in [-0.05, 0) is 31.2 Å². The van der Waals surface area contributed by atoms with Crippen molar-refractivity contribution < 1.29 is 0 Å². The van der Waals surface area contributed by atoms with E-state index in [4.69, 9.17) is 0 Å². The Morgan fingerprint density at radius 2 is 1.74 bits per heavy atom. The number of hydrogen-bond donors (Lipinski definition) is 1. The number of para-hydroxylation sites is 1. The van der Waals surface area contributed by atoms with Crippen molar-refractivity contribution in [2.24, 2.45) is 0 Å². The van der Waals surface area contributed by atoms with Crippen LogP contribution in [0.1, 0.15) is 4.88 Å². The van der Waals surface area contributed by atoms with Gasteiger partial charge in [0.15, 0.2) is 5.13 Å². The molecular weight excluding hydrogens is 254 g/mol. The second-order valence-corrected chi connectivity index (χ2v) is 5.35. The fourth-order valence-corrected chi connectivity index (χ4v) is 2.73. The summed E-state index contributed by atoms with van der Waals surface area (Å²) in [6.45, 7) is 2.09. The Morgan fingerprint density at radius 3 is 2.47 bits per heavy atom. The van der Waals surface area contributed by atoms with Crippen LogP contribution in [0.25, 0.3) is 11.3 Å². The lowest BCUT2D eigenvalue weighted by Crippen LogP contribution is -1.88. The Kier molecular flexibility index (Phi) is 3.25. The van der Waals surface area contributed by atoms with Crippen molar-refractivity contribution in [3.8, 4) is 11.3 Å². The fraction of sp³-hybridized carbons (Fsp3) is 0.0667. The number of anilines is 2. The third-order valence-corrected chi connectivity index (χ3v) is 3.66. The van der Waals surface area contributed by atoms with Gasteiger partial charge in [0.25, 0.3) is 0 Å². The summed E-state index contributed by atoms with van der Waals surface area (Å²) in [7, 11) is 0. The van der Waals surface area contributed by atoms with Crippen molar-refractivity contribution in [2.45, 2.75) is 6.92 Å². The number of aromatic nitrogens is 2. The lowest BCUT2D eigenvalue weighted by atomic mass is 10.2. The van der Waals surface area contributed by atoms with E-state index in [0.29, 0.717) is 0 Å². The van der Waals surface area contributed by atoms with Gasteiger partial charge in [-0.3, -0.25) is 4.98 Å². The number of aryl methyl sites for hydroxylation is 1. The summed E-state index contributed by atoms with van der Waals surface area (Å²) in [5.41, 5.74) is 3.17. The molecule has 3 rings (SSSR count). The molecule has 0 aliphatic heterocycles. The molecular formula is C15H13N3S. The molecule has 0 unspecified atom stereocenters. The Hall–Kier alpha value is -2.20. The molecule has 4 heteroatoms. The summed E-state index contributed by atoms with van der Waals surface area (Å²) in [6.07, 6.45) is 3.58. The molecule has 3 aromatic rings. The lowest BCUT2D eigenvalue weighted by Gasteiger charge is -2.00. The van der Waals surface area contributed by atoms with Crippen molar-refractivity contribution in [3.63, 3.8) is 0 Å². The minimum absolute atomic E-state index is 0.913. The van der Waals surface area contributed by atoms with Gasteiger partial charge >= 0.3 is 0 Å². The number of benzene rings is 1. The van der Waals surface area contributed by atoms with E-state index in [9.17, 15) is 0 Å². The predicted molar refractivity (Wildman–Crippen MR) is 79.8 cm³/mol. The summed E-state index contributed by atoms with van der Waals surface area (Å²) < 4.78 is 0. The molecule has 0 spiro atoms. The normalized spacial score (nSPS) is 10.4. The molecule has 0 aliphatic rings. The standard InChI is InChI=1S/C15H13N3S/c1-11-14(12-7-9-16-10-8-12)18-15(19-11)17-13-5-3-2-4-6-13/h2-10H,1H3,(H,17,18). The van der Waals surface area contributed by atoms with E-state index in [-0.39, 0.29) is 0 Å². The highest BCUT2D eigenvalue weighted by molar-refractivity contribution is 7.16. The van der Waals surface area contributed by atoms with Crippen LogP contribution in [0.4, 0.5) is 10.8 Å². The molecule has 1 aromatic carbocycles. The van der Waals surface area contributed by atoms with Crippen molar-refractivity contribution in [1.82, 2.24) is 9.97 Å². The molecule has 94 valence electrons. The maximum atomic E-state index is 4.65. The van der Waals surface area contributed by atoms with Crippen molar-refractivity contribution in [2.75, 3.05) is 5.32 Å². The average Bonchev–Trinajstić information content (AvgIpc) is 2.82. The first-order chi connectivity index (χ1) is 9.33. The molecule has 0 fully saturated rings. The van der Waals surface area contributed by atoms with Crippen LogP contribution in [0, 0.1) is 6.92 Å². The van der Waals surface area contributed by atoms with Crippen molar-refractivity contribution in [3.05, 3.63) is 59.7 Å². The zero-order chi connectivity index (χ0) is 13.1. The van der Waals surface area contributed by atoms with Gasteiger partial charge in [0.2, 0.25) is 0 Å². The van der Waals surface area contributed by atoms with Crippen LogP contribution < -0.4 is 5.32 Å². The van der Waals surface area contributed by atoms with Gasteiger partial charge in [-0.25, -0.2) is 4.98 Å². The summed E-state index contributed by atoms with van der Waals surface area (Å²) in [5.74, 6) is 0. The highest BCUT2D eigenvalue weighted by Gasteiger charge is 2.09. The van der Waals surface area contributed by atoms with Crippen LogP contribution in [0.3, 0.4) is 0 Å². The van der Waals surface area contributed by atoms with E-state index in [1.54, 1.807) is 23.7 Å². The summed E-state index contributed by atoms with van der Waals surface area (Å²) >= 11 is 1.66. The second-order valence-electron chi connectivity index (χ2n) is 4.15. The van der Waals surface area contributed by atoms with Crippen LogP contribution in [0.2, 0.25) is 0 Å². The lowest BCUT2D eigenvalue weighted by molar-refractivity contribution is 1.30. The van der Waals surface area contributed by atoms with E-state index < -0.39 is 0 Å². The Morgan fingerprint density at radius 1 is 1.00 bits per heavy atom. The molecule has 2 heterocycles. The Balaban J connectivity index is 1.90. The van der Waals surface area contributed by atoms with E-state index in [1.807, 2.05) is 42.5 Å². The zero-order valence-corrected chi connectivity index (χ0v) is 11.3. The van der Waals surface area contributed by atoms with Crippen LogP contribution in [0.15, 0.2) is 54.9 Å². The third-order valence-electron chi connectivity index (χ3n) is 2.78. The number of nitrogens with zero attached hydrogens (tertiary/aromatic N) is 2. The number of nitrogens with one attached hydrogen (secondary N) is 1. The van der Waals surface area contributed by atoms with Crippen LogP contribution in [-0.2, 0) is 0 Å². The highest BCUT2D eigenvalue weighted by atomic mass is 32.1. The maximum absolute atomic E-state index is 4.65. The fourth-order valence-electron chi connectivity index (χ4n) is 1.87. The van der Waals surface area contributed by atoms with Crippen molar-refractivity contribution in [1.29, 1.82) is 0 Å². The molecule has 0 aliphatic carbocycles. The Labute approximate surface area is 116 Å². The first kappa shape index (κ1) is 11.9. The summed E-state index contributed by atoms with van der Waals surface area (Å²) in [4.78, 5) is 9.89. The zero-order valence-electron chi connectivity index (χ0n) is 10.5. The first-order valence-electron chi connectivity index (χ1n) is 6.03. The molecule has 0 amide bonds. The van der Waals surface area contributed by atoms with Crippen LogP contribution in [0.5, 0.6) is 0 Å². The van der Waals surface area contributed by atoms with Gasteiger partial charge < -0.3 is 5.32 Å². The third kappa shape index (κ3) is 2.63. The molecule has 0 saturated heterocycles. The quantitative estimate of drug-likeness (QED) is 0.770. The maximum Gasteiger partial charge on any atom is 0.187 e. The summed E-state index contributed by atoms with van der Waals surface area (Å²) in [5, 5.41) is 4.24. The van der Waals surface area contributed by atoms with E-state index in [2.05, 4.69) is 22.2 Å². The largest absolute Gasteiger partial charge is 0.332 e. The minimum Gasteiger partial charge on any atom is -0.332 e. The molecule has 0 radical (unpaired) electrons. The van der Waals surface area contributed by atoms with E-state index in [1.165, 1.54) is 4.88 Å². The van der Waals surface area contributed by atoms with Gasteiger partial charge in [0.05, 0.1) is 5.69 Å². The molecule has 0 bridgehead atoms. The number of rotatable bonds is 3. The highest BCUT2D eigenvalue weighted by Crippen LogP contribution is 2.31. The second kappa shape index (κ2) is 5.20. The monoisotopic (exact) mass is 267 g/mol. The molecule has 1 N–H and O–H groups in total. The minimum atomic E-state index is 0.913. The SMILES string of the molecule is Cc1sc(Nc2ccccc2)nc1-c1ccncc1. The first-order valence-corrected chi connectivity index (χ1v) is 6.84. The topological polar surface area (TPSA) is 37.8 Å². The van der Waals surface area contributed by atoms with Gasteiger partial charge in [0, 0.05) is 28.5 Å². The van der Waals surface area contributed by atoms with Gasteiger partial charge in [-0.1, -0.05) is 18.2 Å². The molecule has 19 heavy (non-hydrogen) atoms. The predicted octanol–water partition coefficient (Wildman–Crippen LogP) is 4.26. The molecule has 2 aromatic heterocycles. The van der Waals surface area contributed by atoms with Gasteiger partial charge in [-0.2, -0.15) is 0 Å². The molecule has 3 nitrogen and oxygen atoms in total. The van der Waals surface area contributed by atoms with Gasteiger partial charge in [-0.15, -0.1) is 11.3 Å². The van der Waals surface area contributed by atoms with E-state index in [0.717, 1.165) is 22.1 Å². The Bertz CT molecular complexity index is 662. The molecule has 0 atom stereocenters. The van der Waals surface area contributed by atoms with Crippen LogP contribution >= 0.6 is 11.3 Å². The van der Waals surface area contributed by atoms with Crippen LogP contribution in [-0.4, -0.2) is 9.97 Å². The number of pyridine rings is 1.